The number of hydrogen-bond acceptors (Lipinski definition) is 3. The van der Waals surface area contributed by atoms with Crippen molar-refractivity contribution in [2.75, 3.05) is 37.0 Å². The van der Waals surface area contributed by atoms with Crippen LogP contribution in [-0.4, -0.2) is 44.8 Å². The van der Waals surface area contributed by atoms with Crippen LogP contribution >= 0.6 is 11.6 Å². The summed E-state index contributed by atoms with van der Waals surface area (Å²) in [6, 6.07) is 13.4. The number of para-hydroxylation sites is 1. The number of benzene rings is 2. The van der Waals surface area contributed by atoms with E-state index in [2.05, 4.69) is 0 Å². The van der Waals surface area contributed by atoms with Gasteiger partial charge in [-0.05, 0) is 36.2 Å². The SMILES string of the molecule is O=S(=O)(c1ccc(CCCl)cc1)N1CCN(c2ccccc2F)CC1. The number of aryl methyl sites for hydroxylation is 1. The second-order valence-corrected chi connectivity index (χ2v) is 8.24. The minimum Gasteiger partial charge on any atom is -0.367 e. The molecule has 0 aliphatic carbocycles. The van der Waals surface area contributed by atoms with Gasteiger partial charge in [-0.25, -0.2) is 12.8 Å². The Morgan fingerprint density at radius 1 is 0.960 bits per heavy atom. The van der Waals surface area contributed by atoms with Crippen molar-refractivity contribution in [2.45, 2.75) is 11.3 Å². The van der Waals surface area contributed by atoms with Crippen molar-refractivity contribution in [1.82, 2.24) is 4.31 Å². The second kappa shape index (κ2) is 7.72. The average molecular weight is 383 g/mol. The van der Waals surface area contributed by atoms with Crippen molar-refractivity contribution in [3.05, 3.63) is 59.9 Å². The summed E-state index contributed by atoms with van der Waals surface area (Å²) >= 11 is 5.70. The lowest BCUT2D eigenvalue weighted by atomic mass is 10.2. The maximum Gasteiger partial charge on any atom is 0.243 e. The Labute approximate surface area is 152 Å². The fourth-order valence-electron chi connectivity index (χ4n) is 2.96. The molecular weight excluding hydrogens is 363 g/mol. The number of anilines is 1. The standard InChI is InChI=1S/C18H20ClFN2O2S/c19-10-9-15-5-7-16(8-6-15)25(23,24)22-13-11-21(12-14-22)18-4-2-1-3-17(18)20/h1-8H,9-14H2. The van der Waals surface area contributed by atoms with E-state index < -0.39 is 10.0 Å². The minimum absolute atomic E-state index is 0.283. The van der Waals surface area contributed by atoms with E-state index in [1.165, 1.54) is 10.4 Å². The Morgan fingerprint density at radius 3 is 2.20 bits per heavy atom. The molecule has 4 nitrogen and oxygen atoms in total. The van der Waals surface area contributed by atoms with Crippen LogP contribution in [0.5, 0.6) is 0 Å². The number of piperazine rings is 1. The smallest absolute Gasteiger partial charge is 0.243 e. The molecule has 1 heterocycles. The van der Waals surface area contributed by atoms with Crippen molar-refractivity contribution >= 4 is 27.3 Å². The molecule has 0 aromatic heterocycles. The predicted octanol–water partition coefficient (Wildman–Crippen LogP) is 3.12. The van der Waals surface area contributed by atoms with Gasteiger partial charge in [-0.2, -0.15) is 4.31 Å². The van der Waals surface area contributed by atoms with Crippen LogP contribution < -0.4 is 4.90 Å². The third-order valence-electron chi connectivity index (χ3n) is 4.38. The van der Waals surface area contributed by atoms with Gasteiger partial charge in [-0.15, -0.1) is 11.6 Å². The number of halogens is 2. The van der Waals surface area contributed by atoms with E-state index in [1.54, 1.807) is 42.5 Å². The van der Waals surface area contributed by atoms with Crippen molar-refractivity contribution in [3.63, 3.8) is 0 Å². The first kappa shape index (κ1) is 18.2. The number of rotatable bonds is 5. The fraction of sp³-hybridized carbons (Fsp3) is 0.333. The molecule has 0 N–H and O–H groups in total. The van der Waals surface area contributed by atoms with E-state index in [-0.39, 0.29) is 10.7 Å². The Kier molecular flexibility index (Phi) is 5.61. The summed E-state index contributed by atoms with van der Waals surface area (Å²) in [4.78, 5) is 2.16. The number of alkyl halides is 1. The first-order chi connectivity index (χ1) is 12.0. The first-order valence-electron chi connectivity index (χ1n) is 8.17. The average Bonchev–Trinajstić information content (AvgIpc) is 2.63. The molecule has 2 aromatic carbocycles. The maximum absolute atomic E-state index is 13.9. The predicted molar refractivity (Wildman–Crippen MR) is 98.2 cm³/mol. The lowest BCUT2D eigenvalue weighted by molar-refractivity contribution is 0.383. The Hall–Kier alpha value is -1.63. The number of hydrogen-bond donors (Lipinski definition) is 0. The summed E-state index contributed by atoms with van der Waals surface area (Å²) in [6.07, 6.45) is 0.712. The molecule has 0 amide bonds. The lowest BCUT2D eigenvalue weighted by Gasteiger charge is -2.35. The highest BCUT2D eigenvalue weighted by Gasteiger charge is 2.29. The van der Waals surface area contributed by atoms with E-state index in [1.807, 2.05) is 4.90 Å². The molecule has 0 saturated carbocycles. The second-order valence-electron chi connectivity index (χ2n) is 5.93. The molecule has 25 heavy (non-hydrogen) atoms. The van der Waals surface area contributed by atoms with Crippen LogP contribution in [0.15, 0.2) is 53.4 Å². The summed E-state index contributed by atoms with van der Waals surface area (Å²) in [5.74, 6) is 0.220. The molecule has 0 unspecified atom stereocenters. The normalized spacial score (nSPS) is 16.2. The largest absolute Gasteiger partial charge is 0.367 e. The Balaban J connectivity index is 1.70. The van der Waals surface area contributed by atoms with Gasteiger partial charge in [-0.1, -0.05) is 24.3 Å². The van der Waals surface area contributed by atoms with E-state index in [0.29, 0.717) is 44.2 Å². The molecule has 7 heteroatoms. The lowest BCUT2D eigenvalue weighted by Crippen LogP contribution is -2.48. The van der Waals surface area contributed by atoms with E-state index in [4.69, 9.17) is 11.6 Å². The van der Waals surface area contributed by atoms with E-state index in [9.17, 15) is 12.8 Å². The zero-order chi connectivity index (χ0) is 17.9. The highest BCUT2D eigenvalue weighted by Crippen LogP contribution is 2.23. The van der Waals surface area contributed by atoms with Crippen molar-refractivity contribution in [1.29, 1.82) is 0 Å². The van der Waals surface area contributed by atoms with Gasteiger partial charge in [0.15, 0.2) is 0 Å². The summed E-state index contributed by atoms with van der Waals surface area (Å²) < 4.78 is 40.9. The maximum atomic E-state index is 13.9. The van der Waals surface area contributed by atoms with Crippen molar-refractivity contribution < 1.29 is 12.8 Å². The molecule has 1 fully saturated rings. The highest BCUT2D eigenvalue weighted by molar-refractivity contribution is 7.89. The van der Waals surface area contributed by atoms with Crippen LogP contribution in [0.3, 0.4) is 0 Å². The summed E-state index contributed by atoms with van der Waals surface area (Å²) in [5.41, 5.74) is 1.53. The molecule has 134 valence electrons. The van der Waals surface area contributed by atoms with Gasteiger partial charge >= 0.3 is 0 Å². The fourth-order valence-corrected chi connectivity index (χ4v) is 4.60. The molecule has 3 rings (SSSR count). The quantitative estimate of drug-likeness (QED) is 0.746. The van der Waals surface area contributed by atoms with Crippen molar-refractivity contribution in [3.8, 4) is 0 Å². The monoisotopic (exact) mass is 382 g/mol. The van der Waals surface area contributed by atoms with Gasteiger partial charge in [0.05, 0.1) is 10.6 Å². The van der Waals surface area contributed by atoms with Crippen LogP contribution in [0.2, 0.25) is 0 Å². The topological polar surface area (TPSA) is 40.6 Å². The van der Waals surface area contributed by atoms with Gasteiger partial charge < -0.3 is 4.90 Å². The van der Waals surface area contributed by atoms with Crippen LogP contribution in [0.1, 0.15) is 5.56 Å². The summed E-state index contributed by atoms with van der Waals surface area (Å²) in [5, 5.41) is 0. The van der Waals surface area contributed by atoms with Gasteiger partial charge in [-0.3, -0.25) is 0 Å². The van der Waals surface area contributed by atoms with Gasteiger partial charge in [0, 0.05) is 32.1 Å². The molecule has 1 aliphatic rings. The molecule has 1 aliphatic heterocycles. The molecule has 2 aromatic rings. The molecule has 0 spiro atoms. The van der Waals surface area contributed by atoms with E-state index >= 15 is 0 Å². The van der Waals surface area contributed by atoms with Crippen LogP contribution in [0.25, 0.3) is 0 Å². The third kappa shape index (κ3) is 3.97. The van der Waals surface area contributed by atoms with Gasteiger partial charge in [0.1, 0.15) is 5.82 Å². The number of sulfonamides is 1. The van der Waals surface area contributed by atoms with E-state index in [0.717, 1.165) is 5.56 Å². The van der Waals surface area contributed by atoms with Crippen LogP contribution in [0, 0.1) is 5.82 Å². The van der Waals surface area contributed by atoms with Gasteiger partial charge in [0.2, 0.25) is 10.0 Å². The number of nitrogens with zero attached hydrogens (tertiary/aromatic N) is 2. The zero-order valence-corrected chi connectivity index (χ0v) is 15.3. The Bertz CT molecular complexity index is 819. The highest BCUT2D eigenvalue weighted by atomic mass is 35.5. The molecule has 1 saturated heterocycles. The van der Waals surface area contributed by atoms with Gasteiger partial charge in [0.25, 0.3) is 0 Å². The Morgan fingerprint density at radius 2 is 1.60 bits per heavy atom. The molecular formula is C18H20ClFN2O2S. The van der Waals surface area contributed by atoms with Crippen LogP contribution in [0.4, 0.5) is 10.1 Å². The zero-order valence-electron chi connectivity index (χ0n) is 13.7. The minimum atomic E-state index is -3.53. The molecule has 0 atom stereocenters. The van der Waals surface area contributed by atoms with Crippen molar-refractivity contribution in [2.24, 2.45) is 0 Å². The summed E-state index contributed by atoms with van der Waals surface area (Å²) in [6.45, 7) is 1.59. The molecule has 0 bridgehead atoms. The van der Waals surface area contributed by atoms with Crippen LogP contribution in [-0.2, 0) is 16.4 Å². The third-order valence-corrected chi connectivity index (χ3v) is 6.48. The summed E-state index contributed by atoms with van der Waals surface area (Å²) in [7, 11) is -3.53. The first-order valence-corrected chi connectivity index (χ1v) is 10.1. The molecule has 0 radical (unpaired) electrons.